The molecule has 1 aliphatic carbocycles. The van der Waals surface area contributed by atoms with Crippen LogP contribution in [0, 0.1) is 0 Å². The van der Waals surface area contributed by atoms with Crippen LogP contribution in [0.15, 0.2) is 0 Å². The van der Waals surface area contributed by atoms with Crippen molar-refractivity contribution in [3.63, 3.8) is 0 Å². The van der Waals surface area contributed by atoms with Gasteiger partial charge in [0.2, 0.25) is 5.91 Å². The third kappa shape index (κ3) is 18.3. The van der Waals surface area contributed by atoms with Crippen molar-refractivity contribution >= 4 is 30.3 Å². The Morgan fingerprint density at radius 1 is 0.657 bits per heavy atom. The molecule has 1 saturated carbocycles. The molecule has 0 spiro atoms. The van der Waals surface area contributed by atoms with Crippen LogP contribution >= 0.6 is 0 Å². The van der Waals surface area contributed by atoms with E-state index < -0.39 is 150 Å². The SMILES string of the molecule is CC(C)(C)OC(=O)NCC[C@H](O)C(=O)N[C@@H]1C[C@@H](NC(=O)OC(C)(C)C)C(O[C@H]2OC(C(N)O)CCC2NC(=O)OC(C)(C)C)C(O)[C@H]1O[C@H]1OC2COC(C)(C)O[C@H]2[C@H](NC(=O)OC(C)(C)C)C1O. The number of alkyl carbamates (subject to hydrolysis) is 4. The average molecular weight is 1010 g/mol. The fourth-order valence-corrected chi connectivity index (χ4v) is 8.01. The number of amides is 5. The molecule has 15 atom stereocenters. The Hall–Kier alpha value is -3.89. The van der Waals surface area contributed by atoms with Gasteiger partial charge in [0.25, 0.3) is 0 Å². The zero-order chi connectivity index (χ0) is 52.9. The number of carbonyl (C=O) groups excluding carboxylic acids is 5. The molecule has 4 aliphatic rings. The molecule has 3 aliphatic heterocycles. The van der Waals surface area contributed by atoms with Crippen molar-refractivity contribution in [1.29, 1.82) is 0 Å². The van der Waals surface area contributed by atoms with Gasteiger partial charge in [-0.25, -0.2) is 19.2 Å². The lowest BCUT2D eigenvalue weighted by molar-refractivity contribution is -0.376. The van der Waals surface area contributed by atoms with Gasteiger partial charge < -0.3 is 100 Å². The Morgan fingerprint density at radius 3 is 1.67 bits per heavy atom. The molecular weight excluding hydrogens is 929 g/mol. The molecule has 11 N–H and O–H groups in total. The number of hydrogen-bond acceptors (Lipinski definition) is 20. The number of hydrogen-bond donors (Lipinski definition) is 10. The van der Waals surface area contributed by atoms with Gasteiger partial charge in [-0.15, -0.1) is 0 Å². The monoisotopic (exact) mass is 1010 g/mol. The van der Waals surface area contributed by atoms with Crippen LogP contribution in [0.25, 0.3) is 0 Å². The van der Waals surface area contributed by atoms with E-state index in [1.165, 1.54) is 0 Å². The number of carbonyl (C=O) groups is 5. The van der Waals surface area contributed by atoms with E-state index in [1.54, 1.807) is 96.9 Å². The summed E-state index contributed by atoms with van der Waals surface area (Å²) in [5, 5.41) is 59.3. The average Bonchev–Trinajstić information content (AvgIpc) is 3.16. The number of ether oxygens (including phenoxy) is 10. The van der Waals surface area contributed by atoms with Crippen molar-refractivity contribution in [3.8, 4) is 0 Å². The van der Waals surface area contributed by atoms with Crippen LogP contribution in [-0.2, 0) is 52.2 Å². The van der Waals surface area contributed by atoms with Crippen LogP contribution in [0.5, 0.6) is 0 Å². The molecule has 404 valence electrons. The van der Waals surface area contributed by atoms with Crippen molar-refractivity contribution in [3.05, 3.63) is 0 Å². The summed E-state index contributed by atoms with van der Waals surface area (Å²) in [5.74, 6) is -2.17. The summed E-state index contributed by atoms with van der Waals surface area (Å²) in [5.41, 5.74) is 2.17. The van der Waals surface area contributed by atoms with Crippen LogP contribution < -0.4 is 32.3 Å². The van der Waals surface area contributed by atoms with Crippen molar-refractivity contribution in [1.82, 2.24) is 26.6 Å². The number of rotatable bonds is 13. The Labute approximate surface area is 409 Å². The van der Waals surface area contributed by atoms with Crippen LogP contribution in [-0.4, -0.2) is 184 Å². The molecular formula is C45H80N6O19. The maximum absolute atomic E-state index is 13.9. The molecule has 0 aromatic rings. The van der Waals surface area contributed by atoms with Gasteiger partial charge in [0.05, 0.1) is 36.9 Å². The molecule has 25 nitrogen and oxygen atoms in total. The van der Waals surface area contributed by atoms with Gasteiger partial charge in [-0.2, -0.15) is 0 Å². The third-order valence-electron chi connectivity index (χ3n) is 10.8. The summed E-state index contributed by atoms with van der Waals surface area (Å²) < 4.78 is 59.1. The second kappa shape index (κ2) is 23.3. The molecule has 70 heavy (non-hydrogen) atoms. The lowest BCUT2D eigenvalue weighted by Crippen LogP contribution is -2.72. The summed E-state index contributed by atoms with van der Waals surface area (Å²) in [6.07, 6.45) is -20.3. The zero-order valence-electron chi connectivity index (χ0n) is 42.9. The molecule has 3 saturated heterocycles. The molecule has 0 bridgehead atoms. The van der Waals surface area contributed by atoms with Gasteiger partial charge in [0.15, 0.2) is 18.4 Å². The van der Waals surface area contributed by atoms with Gasteiger partial charge in [0.1, 0.15) is 71.4 Å². The highest BCUT2D eigenvalue weighted by Gasteiger charge is 2.56. The number of aliphatic hydroxyl groups excluding tert-OH is 4. The van der Waals surface area contributed by atoms with Gasteiger partial charge >= 0.3 is 24.4 Å². The standard InChI is InChI=1S/C45H80N6O19/c1-41(2,3)67-37(57)47-18-17-24(52)34(56)48-22-19-23(50-39(59)69-43(7,8)9)31(64-35-21(15-16-25(62-35)33(46)55)49-38(58)68-42(4,5)6)29(54)30(22)65-36-28(53)27(51-40(60)70-44(10,11)12)32-26(63-36)20-61-45(13,14)66-32/h21-33,35-36,52-55H,15-20,46H2,1-14H3,(H,47,57)(H,48,56)(H,49,58)(H,50,59)(H,51,60)/t21?,22-,23-,24+,25?,26?,27-,28?,29?,30+,31?,32-,33?,35-,36-/m1/s1. The summed E-state index contributed by atoms with van der Waals surface area (Å²) in [4.78, 5) is 66.0. The molecule has 4 fully saturated rings. The fourth-order valence-electron chi connectivity index (χ4n) is 8.01. The summed E-state index contributed by atoms with van der Waals surface area (Å²) >= 11 is 0. The van der Waals surface area contributed by atoms with Gasteiger partial charge in [-0.1, -0.05) is 0 Å². The first kappa shape index (κ1) is 58.7. The summed E-state index contributed by atoms with van der Waals surface area (Å²) in [6, 6.07) is -4.92. The van der Waals surface area contributed by atoms with E-state index in [2.05, 4.69) is 26.6 Å². The molecule has 4 rings (SSSR count). The van der Waals surface area contributed by atoms with E-state index in [9.17, 15) is 44.4 Å². The smallest absolute Gasteiger partial charge is 0.408 e. The Bertz CT molecular complexity index is 1780. The Morgan fingerprint density at radius 2 is 1.14 bits per heavy atom. The van der Waals surface area contributed by atoms with E-state index in [0.29, 0.717) is 0 Å². The minimum Gasteiger partial charge on any atom is -0.444 e. The van der Waals surface area contributed by atoms with Gasteiger partial charge in [-0.05, 0) is 123 Å². The second-order valence-electron chi connectivity index (χ2n) is 22.4. The number of nitrogens with two attached hydrogens (primary N) is 1. The van der Waals surface area contributed by atoms with Crippen LogP contribution in [0.3, 0.4) is 0 Å². The number of nitrogens with one attached hydrogen (secondary N) is 5. The molecule has 0 aromatic heterocycles. The van der Waals surface area contributed by atoms with Crippen LogP contribution in [0.1, 0.15) is 123 Å². The van der Waals surface area contributed by atoms with Crippen molar-refractivity contribution in [2.45, 2.75) is 243 Å². The molecule has 0 radical (unpaired) electrons. The van der Waals surface area contributed by atoms with Crippen LogP contribution in [0.2, 0.25) is 0 Å². The minimum absolute atomic E-state index is 0.111. The van der Waals surface area contributed by atoms with Crippen molar-refractivity contribution in [2.75, 3.05) is 13.2 Å². The zero-order valence-corrected chi connectivity index (χ0v) is 42.9. The van der Waals surface area contributed by atoms with E-state index in [1.807, 2.05) is 0 Å². The molecule has 25 heteroatoms. The number of aliphatic hydroxyl groups is 4. The highest BCUT2D eigenvalue weighted by Crippen LogP contribution is 2.37. The van der Waals surface area contributed by atoms with Gasteiger partial charge in [-0.3, -0.25) is 4.79 Å². The molecule has 5 amide bonds. The summed E-state index contributed by atoms with van der Waals surface area (Å²) in [6.45, 7) is 22.8. The van der Waals surface area contributed by atoms with Crippen molar-refractivity contribution < 1.29 is 91.8 Å². The first-order valence-electron chi connectivity index (χ1n) is 23.7. The lowest BCUT2D eigenvalue weighted by Gasteiger charge is -2.52. The van der Waals surface area contributed by atoms with Crippen molar-refractivity contribution in [2.24, 2.45) is 5.73 Å². The highest BCUT2D eigenvalue weighted by atomic mass is 16.8. The maximum atomic E-state index is 13.9. The van der Waals surface area contributed by atoms with E-state index in [4.69, 9.17) is 53.1 Å². The topological polar surface area (TPSA) is 345 Å². The van der Waals surface area contributed by atoms with E-state index >= 15 is 0 Å². The fraction of sp³-hybridized carbons (Fsp3) is 0.889. The van der Waals surface area contributed by atoms with E-state index in [0.717, 1.165) is 0 Å². The number of fused-ring (bicyclic) bond motifs is 1. The molecule has 3 heterocycles. The van der Waals surface area contributed by atoms with E-state index in [-0.39, 0.29) is 38.8 Å². The molecule has 7 unspecified atom stereocenters. The van der Waals surface area contributed by atoms with Crippen LogP contribution in [0.4, 0.5) is 19.2 Å². The summed E-state index contributed by atoms with van der Waals surface area (Å²) in [7, 11) is 0. The highest BCUT2D eigenvalue weighted by molar-refractivity contribution is 5.81. The normalized spacial score (nSPS) is 32.4. The minimum atomic E-state index is -1.93. The molecule has 0 aromatic carbocycles. The first-order valence-corrected chi connectivity index (χ1v) is 23.7. The lowest BCUT2D eigenvalue weighted by atomic mass is 9.83. The Balaban J connectivity index is 1.76. The quantitative estimate of drug-likeness (QED) is 0.0908. The largest absolute Gasteiger partial charge is 0.444 e. The van der Waals surface area contributed by atoms with Gasteiger partial charge in [0, 0.05) is 6.54 Å². The predicted octanol–water partition coefficient (Wildman–Crippen LogP) is 0.981. The second-order valence-corrected chi connectivity index (χ2v) is 22.4. The third-order valence-corrected chi connectivity index (χ3v) is 10.8. The first-order chi connectivity index (χ1) is 32.0. The predicted molar refractivity (Wildman–Crippen MR) is 244 cm³/mol. The Kier molecular flexibility index (Phi) is 19.6. The maximum Gasteiger partial charge on any atom is 0.408 e.